The van der Waals surface area contributed by atoms with Crippen LogP contribution < -0.4 is 15.5 Å². The number of hydrogen-bond acceptors (Lipinski definition) is 4. The third-order valence-corrected chi connectivity index (χ3v) is 6.76. The molecule has 2 amide bonds. The summed E-state index contributed by atoms with van der Waals surface area (Å²) in [6, 6.07) is 14.4. The van der Waals surface area contributed by atoms with Crippen LogP contribution in [0.15, 0.2) is 42.5 Å². The smallest absolute Gasteiger partial charge is 0.313 e. The number of nitrogens with zero attached hydrogens (tertiary/aromatic N) is 2. The molecule has 0 aliphatic carbocycles. The molecule has 1 fully saturated rings. The van der Waals surface area contributed by atoms with Gasteiger partial charge in [-0.25, -0.2) is 0 Å². The van der Waals surface area contributed by atoms with Crippen molar-refractivity contribution in [2.45, 2.75) is 45.1 Å². The van der Waals surface area contributed by atoms with Crippen LogP contribution in [0.1, 0.15) is 48.9 Å². The van der Waals surface area contributed by atoms with Gasteiger partial charge in [-0.05, 0) is 67.6 Å². The zero-order chi connectivity index (χ0) is 22.5. The van der Waals surface area contributed by atoms with Gasteiger partial charge in [0.1, 0.15) is 0 Å². The molecule has 1 saturated heterocycles. The number of fused-ring (bicyclic) bond motifs is 1. The zero-order valence-corrected chi connectivity index (χ0v) is 19.2. The SMILES string of the molecule is CCc1ccccc1NC(=O)C(=O)NC[C@H](c1ccc2c(c1)CCN2C)N1CCCCC1. The summed E-state index contributed by atoms with van der Waals surface area (Å²) >= 11 is 0. The average molecular weight is 435 g/mol. The third-order valence-electron chi connectivity index (χ3n) is 6.76. The lowest BCUT2D eigenvalue weighted by Crippen LogP contribution is -2.43. The number of hydrogen-bond donors (Lipinski definition) is 2. The van der Waals surface area contributed by atoms with E-state index in [1.165, 1.54) is 36.1 Å². The zero-order valence-electron chi connectivity index (χ0n) is 19.2. The van der Waals surface area contributed by atoms with Crippen molar-refractivity contribution >= 4 is 23.2 Å². The lowest BCUT2D eigenvalue weighted by atomic mass is 9.98. The fourth-order valence-electron chi connectivity index (χ4n) is 4.88. The van der Waals surface area contributed by atoms with Crippen molar-refractivity contribution in [1.82, 2.24) is 10.2 Å². The quantitative estimate of drug-likeness (QED) is 0.683. The molecular formula is C26H34N4O2. The van der Waals surface area contributed by atoms with Crippen molar-refractivity contribution in [1.29, 1.82) is 0 Å². The first-order valence-electron chi connectivity index (χ1n) is 11.8. The van der Waals surface area contributed by atoms with E-state index in [9.17, 15) is 9.59 Å². The van der Waals surface area contributed by atoms with Crippen LogP contribution in [0.5, 0.6) is 0 Å². The number of likely N-dealkylation sites (tertiary alicyclic amines) is 1. The Bertz CT molecular complexity index is 968. The molecule has 32 heavy (non-hydrogen) atoms. The molecule has 2 aliphatic heterocycles. The number of carbonyl (C=O) groups is 2. The highest BCUT2D eigenvalue weighted by Gasteiger charge is 2.26. The summed E-state index contributed by atoms with van der Waals surface area (Å²) < 4.78 is 0. The van der Waals surface area contributed by atoms with Gasteiger partial charge in [-0.15, -0.1) is 0 Å². The predicted molar refractivity (Wildman–Crippen MR) is 129 cm³/mol. The molecule has 2 aromatic carbocycles. The molecular weight excluding hydrogens is 400 g/mol. The maximum atomic E-state index is 12.6. The maximum absolute atomic E-state index is 12.6. The molecule has 0 saturated carbocycles. The first-order valence-corrected chi connectivity index (χ1v) is 11.8. The van der Waals surface area contributed by atoms with Crippen molar-refractivity contribution in [3.63, 3.8) is 0 Å². The van der Waals surface area contributed by atoms with Gasteiger partial charge in [-0.1, -0.05) is 43.7 Å². The molecule has 0 radical (unpaired) electrons. The number of rotatable bonds is 6. The molecule has 2 heterocycles. The molecule has 2 aromatic rings. The van der Waals surface area contributed by atoms with Gasteiger partial charge < -0.3 is 15.5 Å². The van der Waals surface area contributed by atoms with E-state index in [1.807, 2.05) is 31.2 Å². The normalized spacial score (nSPS) is 17.0. The standard InChI is InChI=1S/C26H34N4O2/c1-3-19-9-5-6-10-22(19)28-26(32)25(31)27-18-24(30-14-7-4-8-15-30)20-11-12-23-21(17-20)13-16-29(23)2/h5-6,9-12,17,24H,3-4,7-8,13-16,18H2,1-2H3,(H,27,31)(H,28,32)/t24-/m1/s1. The topological polar surface area (TPSA) is 64.7 Å². The number of anilines is 2. The van der Waals surface area contributed by atoms with Crippen LogP contribution in [0.25, 0.3) is 0 Å². The second-order valence-electron chi connectivity index (χ2n) is 8.85. The van der Waals surface area contributed by atoms with E-state index in [4.69, 9.17) is 0 Å². The largest absolute Gasteiger partial charge is 0.374 e. The van der Waals surface area contributed by atoms with Crippen molar-refractivity contribution in [3.8, 4) is 0 Å². The number of amides is 2. The highest BCUT2D eigenvalue weighted by atomic mass is 16.2. The fourth-order valence-corrected chi connectivity index (χ4v) is 4.88. The lowest BCUT2D eigenvalue weighted by Gasteiger charge is -2.35. The lowest BCUT2D eigenvalue weighted by molar-refractivity contribution is -0.136. The Labute approximate surface area is 191 Å². The van der Waals surface area contributed by atoms with Crippen LogP contribution in [-0.2, 0) is 22.4 Å². The van der Waals surface area contributed by atoms with Gasteiger partial charge in [-0.2, -0.15) is 0 Å². The van der Waals surface area contributed by atoms with E-state index in [1.54, 1.807) is 0 Å². The Kier molecular flexibility index (Phi) is 7.10. The number of para-hydroxylation sites is 1. The molecule has 6 nitrogen and oxygen atoms in total. The Balaban J connectivity index is 1.45. The fraction of sp³-hybridized carbons (Fsp3) is 0.462. The molecule has 1 atom stereocenters. The summed E-state index contributed by atoms with van der Waals surface area (Å²) in [5.74, 6) is -1.20. The van der Waals surface area contributed by atoms with Crippen LogP contribution >= 0.6 is 0 Å². The maximum Gasteiger partial charge on any atom is 0.313 e. The van der Waals surface area contributed by atoms with Crippen molar-refractivity contribution < 1.29 is 9.59 Å². The van der Waals surface area contributed by atoms with Crippen LogP contribution in [0.3, 0.4) is 0 Å². The van der Waals surface area contributed by atoms with Crippen LogP contribution in [0.2, 0.25) is 0 Å². The van der Waals surface area contributed by atoms with Gasteiger partial charge in [0.25, 0.3) is 0 Å². The van der Waals surface area contributed by atoms with Gasteiger partial charge in [0.05, 0.1) is 6.04 Å². The van der Waals surface area contributed by atoms with Crippen LogP contribution in [-0.4, -0.2) is 49.9 Å². The molecule has 0 aromatic heterocycles. The first-order chi connectivity index (χ1) is 15.6. The van der Waals surface area contributed by atoms with E-state index in [0.717, 1.165) is 38.0 Å². The van der Waals surface area contributed by atoms with Crippen molar-refractivity contribution in [2.24, 2.45) is 0 Å². The number of carbonyl (C=O) groups excluding carboxylic acids is 2. The Morgan fingerprint density at radius 3 is 2.56 bits per heavy atom. The summed E-state index contributed by atoms with van der Waals surface area (Å²) in [4.78, 5) is 29.9. The summed E-state index contributed by atoms with van der Waals surface area (Å²) in [6.45, 7) is 5.55. The summed E-state index contributed by atoms with van der Waals surface area (Å²) in [5.41, 5.74) is 5.60. The minimum absolute atomic E-state index is 0.0752. The van der Waals surface area contributed by atoms with E-state index in [0.29, 0.717) is 12.2 Å². The third kappa shape index (κ3) is 4.96. The molecule has 0 unspecified atom stereocenters. The molecule has 2 aliphatic rings. The second kappa shape index (κ2) is 10.2. The van der Waals surface area contributed by atoms with Gasteiger partial charge in [0, 0.05) is 31.5 Å². The molecule has 4 rings (SSSR count). The average Bonchev–Trinajstić information content (AvgIpc) is 3.20. The van der Waals surface area contributed by atoms with Gasteiger partial charge >= 0.3 is 11.8 Å². The van der Waals surface area contributed by atoms with E-state index >= 15 is 0 Å². The number of aryl methyl sites for hydroxylation is 1. The minimum Gasteiger partial charge on any atom is -0.374 e. The molecule has 170 valence electrons. The van der Waals surface area contributed by atoms with Crippen molar-refractivity contribution in [2.75, 3.05) is 43.4 Å². The predicted octanol–water partition coefficient (Wildman–Crippen LogP) is 3.52. The molecule has 0 spiro atoms. The minimum atomic E-state index is -0.612. The van der Waals surface area contributed by atoms with E-state index in [-0.39, 0.29) is 6.04 Å². The van der Waals surface area contributed by atoms with Crippen LogP contribution in [0.4, 0.5) is 11.4 Å². The summed E-state index contributed by atoms with van der Waals surface area (Å²) in [6.07, 6.45) is 5.45. The number of likely N-dealkylation sites (N-methyl/N-ethyl adjacent to an activating group) is 1. The number of piperidine rings is 1. The van der Waals surface area contributed by atoms with Gasteiger partial charge in [0.15, 0.2) is 0 Å². The highest BCUT2D eigenvalue weighted by molar-refractivity contribution is 6.39. The Morgan fingerprint density at radius 1 is 1.00 bits per heavy atom. The Hall–Kier alpha value is -2.86. The Morgan fingerprint density at radius 2 is 1.78 bits per heavy atom. The molecule has 0 bridgehead atoms. The second-order valence-corrected chi connectivity index (χ2v) is 8.85. The van der Waals surface area contributed by atoms with Gasteiger partial charge in [0.2, 0.25) is 0 Å². The van der Waals surface area contributed by atoms with Crippen LogP contribution in [0, 0.1) is 0 Å². The number of nitrogens with one attached hydrogen (secondary N) is 2. The van der Waals surface area contributed by atoms with E-state index in [2.05, 4.69) is 45.7 Å². The highest BCUT2D eigenvalue weighted by Crippen LogP contribution is 2.32. The van der Waals surface area contributed by atoms with Crippen molar-refractivity contribution in [3.05, 3.63) is 59.2 Å². The molecule has 6 heteroatoms. The number of benzene rings is 2. The summed E-state index contributed by atoms with van der Waals surface area (Å²) in [5, 5.41) is 5.68. The monoisotopic (exact) mass is 434 g/mol. The van der Waals surface area contributed by atoms with E-state index < -0.39 is 11.8 Å². The molecule has 2 N–H and O–H groups in total. The van der Waals surface area contributed by atoms with Gasteiger partial charge in [-0.3, -0.25) is 14.5 Å². The first kappa shape index (κ1) is 22.3. The summed E-state index contributed by atoms with van der Waals surface area (Å²) in [7, 11) is 2.13.